The molecule has 0 aliphatic rings. The van der Waals surface area contributed by atoms with E-state index in [1.54, 1.807) is 18.4 Å². The molecule has 2 heterocycles. The molecular formula is C18H23IN6S. The van der Waals surface area contributed by atoms with Crippen LogP contribution in [0.5, 0.6) is 0 Å². The molecular weight excluding hydrogens is 459 g/mol. The van der Waals surface area contributed by atoms with E-state index in [1.807, 2.05) is 47.4 Å². The third-order valence-corrected chi connectivity index (χ3v) is 4.58. The number of hydrogen-bond donors (Lipinski definition) is 2. The molecule has 0 aliphatic heterocycles. The van der Waals surface area contributed by atoms with E-state index in [0.29, 0.717) is 6.54 Å². The summed E-state index contributed by atoms with van der Waals surface area (Å²) < 4.78 is 1.90. The first-order valence-corrected chi connectivity index (χ1v) is 9.01. The molecule has 0 saturated heterocycles. The molecule has 8 heteroatoms. The van der Waals surface area contributed by atoms with Gasteiger partial charge >= 0.3 is 0 Å². The Morgan fingerprint density at radius 1 is 1.19 bits per heavy atom. The minimum absolute atomic E-state index is 0. The van der Waals surface area contributed by atoms with Crippen LogP contribution in [0.2, 0.25) is 0 Å². The molecule has 0 atom stereocenters. The number of hydrogen-bond acceptors (Lipinski definition) is 4. The number of nitrogens with one attached hydrogen (secondary N) is 2. The maximum absolute atomic E-state index is 4.42. The maximum Gasteiger partial charge on any atom is 0.191 e. The van der Waals surface area contributed by atoms with Crippen LogP contribution in [-0.4, -0.2) is 34.3 Å². The summed E-state index contributed by atoms with van der Waals surface area (Å²) in [7, 11) is 1.77. The molecule has 1 aromatic carbocycles. The van der Waals surface area contributed by atoms with Gasteiger partial charge in [-0.15, -0.1) is 35.3 Å². The van der Waals surface area contributed by atoms with Crippen LogP contribution in [0.4, 0.5) is 0 Å². The first kappa shape index (κ1) is 20.4. The van der Waals surface area contributed by atoms with Crippen molar-refractivity contribution in [3.63, 3.8) is 0 Å². The highest BCUT2D eigenvalue weighted by molar-refractivity contribution is 14.0. The molecule has 138 valence electrons. The van der Waals surface area contributed by atoms with Crippen LogP contribution in [-0.2, 0) is 13.0 Å². The third kappa shape index (κ3) is 5.80. The van der Waals surface area contributed by atoms with Crippen molar-refractivity contribution in [3.05, 3.63) is 64.4 Å². The van der Waals surface area contributed by atoms with Gasteiger partial charge in [0.25, 0.3) is 0 Å². The van der Waals surface area contributed by atoms with E-state index in [4.69, 9.17) is 0 Å². The van der Waals surface area contributed by atoms with Gasteiger partial charge in [-0.1, -0.05) is 18.2 Å². The van der Waals surface area contributed by atoms with E-state index in [9.17, 15) is 0 Å². The van der Waals surface area contributed by atoms with Gasteiger partial charge in [0.2, 0.25) is 0 Å². The number of thiazole rings is 1. The quantitative estimate of drug-likeness (QED) is 0.322. The molecule has 2 aromatic heterocycles. The number of halogens is 1. The molecule has 0 radical (unpaired) electrons. The monoisotopic (exact) mass is 482 g/mol. The summed E-state index contributed by atoms with van der Waals surface area (Å²) in [4.78, 5) is 9.81. The number of guanidine groups is 1. The number of para-hydroxylation sites is 1. The topological polar surface area (TPSA) is 67.1 Å². The lowest BCUT2D eigenvalue weighted by Gasteiger charge is -2.10. The van der Waals surface area contributed by atoms with Crippen molar-refractivity contribution in [1.82, 2.24) is 25.4 Å². The van der Waals surface area contributed by atoms with Gasteiger partial charge in [-0.25, -0.2) is 9.67 Å². The smallest absolute Gasteiger partial charge is 0.191 e. The van der Waals surface area contributed by atoms with E-state index in [1.165, 1.54) is 10.4 Å². The number of aryl methyl sites for hydroxylation is 1. The molecule has 3 aromatic rings. The summed E-state index contributed by atoms with van der Waals surface area (Å²) in [6.07, 6.45) is 6.74. The normalized spacial score (nSPS) is 11.1. The van der Waals surface area contributed by atoms with Crippen LogP contribution in [0, 0.1) is 6.92 Å². The van der Waals surface area contributed by atoms with Crippen LogP contribution < -0.4 is 10.6 Å². The number of aromatic nitrogens is 3. The molecule has 3 rings (SSSR count). The van der Waals surface area contributed by atoms with E-state index >= 15 is 0 Å². The largest absolute Gasteiger partial charge is 0.356 e. The standard InChI is InChI=1S/C18H22N6S.HI/c1-14-10-21-17(25-14)12-22-18(19-2)20-9-8-15-11-23-24(13-15)16-6-4-3-5-7-16;/h3-7,10-11,13H,8-9,12H2,1-2H3,(H2,19,20,22);1H. The maximum atomic E-state index is 4.42. The fourth-order valence-corrected chi connectivity index (χ4v) is 3.13. The SMILES string of the molecule is CN=C(NCCc1cnn(-c2ccccc2)c1)NCc1ncc(C)s1.I. The van der Waals surface area contributed by atoms with Gasteiger partial charge in [-0.05, 0) is 31.0 Å². The second-order valence-electron chi connectivity index (χ2n) is 5.60. The first-order chi connectivity index (χ1) is 12.2. The van der Waals surface area contributed by atoms with Gasteiger partial charge in [-0.3, -0.25) is 4.99 Å². The molecule has 0 fully saturated rings. The Bertz CT molecular complexity index is 827. The first-order valence-electron chi connectivity index (χ1n) is 8.19. The Morgan fingerprint density at radius 3 is 2.69 bits per heavy atom. The molecule has 0 saturated carbocycles. The number of benzene rings is 1. The summed E-state index contributed by atoms with van der Waals surface area (Å²) in [5.41, 5.74) is 2.25. The lowest BCUT2D eigenvalue weighted by molar-refractivity contribution is 0.791. The predicted octanol–water partition coefficient (Wildman–Crippen LogP) is 3.16. The summed E-state index contributed by atoms with van der Waals surface area (Å²) in [6, 6.07) is 10.1. The van der Waals surface area contributed by atoms with Gasteiger partial charge in [0.05, 0.1) is 18.4 Å². The van der Waals surface area contributed by atoms with Crippen molar-refractivity contribution in [2.75, 3.05) is 13.6 Å². The summed E-state index contributed by atoms with van der Waals surface area (Å²) in [6.45, 7) is 3.53. The fourth-order valence-electron chi connectivity index (χ4n) is 2.40. The molecule has 0 bridgehead atoms. The zero-order chi connectivity index (χ0) is 17.5. The highest BCUT2D eigenvalue weighted by atomic mass is 127. The minimum Gasteiger partial charge on any atom is -0.356 e. The van der Waals surface area contributed by atoms with E-state index in [-0.39, 0.29) is 24.0 Å². The van der Waals surface area contributed by atoms with Crippen LogP contribution >= 0.6 is 35.3 Å². The van der Waals surface area contributed by atoms with Crippen LogP contribution in [0.3, 0.4) is 0 Å². The average Bonchev–Trinajstić information content (AvgIpc) is 3.28. The van der Waals surface area contributed by atoms with Gasteiger partial charge < -0.3 is 10.6 Å². The Kier molecular flexibility index (Phi) is 8.05. The number of aliphatic imine (C=N–C) groups is 1. The molecule has 2 N–H and O–H groups in total. The van der Waals surface area contributed by atoms with Gasteiger partial charge in [0, 0.05) is 30.9 Å². The second kappa shape index (κ2) is 10.3. The predicted molar refractivity (Wildman–Crippen MR) is 118 cm³/mol. The number of rotatable bonds is 6. The van der Waals surface area contributed by atoms with Gasteiger partial charge in [-0.2, -0.15) is 5.10 Å². The van der Waals surface area contributed by atoms with Crippen LogP contribution in [0.1, 0.15) is 15.4 Å². The van der Waals surface area contributed by atoms with Crippen molar-refractivity contribution in [2.24, 2.45) is 4.99 Å². The van der Waals surface area contributed by atoms with Gasteiger partial charge in [0.1, 0.15) is 5.01 Å². The Balaban J connectivity index is 0.00000243. The van der Waals surface area contributed by atoms with Crippen molar-refractivity contribution in [2.45, 2.75) is 19.9 Å². The van der Waals surface area contributed by atoms with Crippen molar-refractivity contribution >= 4 is 41.3 Å². The summed E-state index contributed by atoms with van der Waals surface area (Å²) >= 11 is 1.69. The lowest BCUT2D eigenvalue weighted by atomic mass is 10.2. The highest BCUT2D eigenvalue weighted by Gasteiger charge is 2.03. The number of nitrogens with zero attached hydrogens (tertiary/aromatic N) is 4. The third-order valence-electron chi connectivity index (χ3n) is 3.66. The van der Waals surface area contributed by atoms with E-state index in [0.717, 1.165) is 29.6 Å². The Labute approximate surface area is 174 Å². The lowest BCUT2D eigenvalue weighted by Crippen LogP contribution is -2.37. The summed E-state index contributed by atoms with van der Waals surface area (Å²) in [5, 5.41) is 12.1. The summed E-state index contributed by atoms with van der Waals surface area (Å²) in [5.74, 6) is 0.781. The van der Waals surface area contributed by atoms with Gasteiger partial charge in [0.15, 0.2) is 5.96 Å². The van der Waals surface area contributed by atoms with Crippen molar-refractivity contribution in [1.29, 1.82) is 0 Å². The Morgan fingerprint density at radius 2 is 2.00 bits per heavy atom. The molecule has 26 heavy (non-hydrogen) atoms. The molecule has 0 aliphatic carbocycles. The molecule has 0 unspecified atom stereocenters. The van der Waals surface area contributed by atoms with Crippen LogP contribution in [0.15, 0.2) is 53.9 Å². The minimum atomic E-state index is 0. The van der Waals surface area contributed by atoms with Crippen molar-refractivity contribution < 1.29 is 0 Å². The molecule has 6 nitrogen and oxygen atoms in total. The molecule has 0 amide bonds. The Hall–Kier alpha value is -1.94. The molecule has 0 spiro atoms. The fraction of sp³-hybridized carbons (Fsp3) is 0.278. The average molecular weight is 482 g/mol. The highest BCUT2D eigenvalue weighted by Crippen LogP contribution is 2.10. The zero-order valence-corrected chi connectivity index (χ0v) is 18.0. The van der Waals surface area contributed by atoms with E-state index in [2.05, 4.69) is 38.8 Å². The van der Waals surface area contributed by atoms with Crippen molar-refractivity contribution in [3.8, 4) is 5.69 Å². The van der Waals surface area contributed by atoms with Crippen LogP contribution in [0.25, 0.3) is 5.69 Å². The second-order valence-corrected chi connectivity index (χ2v) is 6.92. The zero-order valence-electron chi connectivity index (χ0n) is 14.8. The van der Waals surface area contributed by atoms with E-state index < -0.39 is 0 Å².